The molecule has 2 heterocycles. The van der Waals surface area contributed by atoms with Gasteiger partial charge in [-0.25, -0.2) is 4.39 Å². The van der Waals surface area contributed by atoms with Crippen molar-refractivity contribution in [2.75, 3.05) is 54.5 Å². The third-order valence-corrected chi connectivity index (χ3v) is 6.28. The van der Waals surface area contributed by atoms with Crippen LogP contribution in [-0.4, -0.2) is 69.2 Å². The van der Waals surface area contributed by atoms with E-state index in [1.807, 2.05) is 23.1 Å². The topological polar surface area (TPSA) is 99.6 Å². The normalized spacial score (nSPS) is 17.9. The zero-order chi connectivity index (χ0) is 26.1. The number of carboxylic acids is 1. The molecule has 1 fully saturated rings. The van der Waals surface area contributed by atoms with Crippen LogP contribution in [0.15, 0.2) is 30.3 Å². The second kappa shape index (κ2) is 9.96. The summed E-state index contributed by atoms with van der Waals surface area (Å²) in [6, 6.07) is 8.14. The van der Waals surface area contributed by atoms with Crippen molar-refractivity contribution in [2.24, 2.45) is 5.92 Å². The summed E-state index contributed by atoms with van der Waals surface area (Å²) in [6.07, 6.45) is 0. The number of para-hydroxylation sites is 2. The van der Waals surface area contributed by atoms with E-state index >= 15 is 4.39 Å². The number of fused-ring (bicyclic) bond motifs is 1. The number of amides is 1. The fraction of sp³-hybridized carbons (Fsp3) is 0.375. The molecule has 12 heteroatoms. The third kappa shape index (κ3) is 4.27. The molecule has 0 radical (unpaired) electrons. The molecule has 1 amide bonds. The van der Waals surface area contributed by atoms with Gasteiger partial charge in [0.15, 0.2) is 23.3 Å². The molecular formula is C24H24F3N3O6. The van der Waals surface area contributed by atoms with Gasteiger partial charge in [-0.15, -0.1) is 0 Å². The van der Waals surface area contributed by atoms with Gasteiger partial charge in [0.1, 0.15) is 11.4 Å². The lowest BCUT2D eigenvalue weighted by molar-refractivity contribution is -0.144. The quantitative estimate of drug-likeness (QED) is 0.571. The highest BCUT2D eigenvalue weighted by molar-refractivity contribution is 6.31. The summed E-state index contributed by atoms with van der Waals surface area (Å²) in [5.41, 5.74) is -0.341. The fourth-order valence-electron chi connectivity index (χ4n) is 4.68. The zero-order valence-electron chi connectivity index (χ0n) is 19.5. The number of aliphatic carboxylic acids is 1. The maximum absolute atomic E-state index is 15.4. The van der Waals surface area contributed by atoms with Crippen LogP contribution in [-0.2, 0) is 9.59 Å². The van der Waals surface area contributed by atoms with Crippen molar-refractivity contribution < 1.29 is 42.1 Å². The number of Topliss-reactive ketones (excluding diaryl/α,β-unsaturated/α-hetero) is 1. The molecule has 2 aromatic carbocycles. The number of benzene rings is 2. The number of anilines is 3. The SMILES string of the molecule is CCN1C(=O)C(C(=O)O)C(=O)c2cc(F)c(N3CCN(c4ccccc4OC)CC3)c(OC(F)F)c21. The van der Waals surface area contributed by atoms with Crippen molar-refractivity contribution in [3.8, 4) is 11.5 Å². The van der Waals surface area contributed by atoms with Crippen LogP contribution in [0.1, 0.15) is 17.3 Å². The van der Waals surface area contributed by atoms with Gasteiger partial charge >= 0.3 is 12.6 Å². The van der Waals surface area contributed by atoms with Crippen LogP contribution in [0.2, 0.25) is 0 Å². The van der Waals surface area contributed by atoms with Crippen LogP contribution in [0.5, 0.6) is 11.5 Å². The van der Waals surface area contributed by atoms with Crippen molar-refractivity contribution in [3.05, 3.63) is 41.7 Å². The molecule has 2 aliphatic rings. The molecule has 0 bridgehead atoms. The lowest BCUT2D eigenvalue weighted by atomic mass is 9.89. The molecule has 1 saturated heterocycles. The van der Waals surface area contributed by atoms with E-state index < -0.39 is 47.3 Å². The van der Waals surface area contributed by atoms with Crippen molar-refractivity contribution in [1.82, 2.24) is 0 Å². The number of carboxylic acid groups (broad SMARTS) is 1. The first-order valence-corrected chi connectivity index (χ1v) is 11.2. The first kappa shape index (κ1) is 25.1. The van der Waals surface area contributed by atoms with Crippen LogP contribution in [0.4, 0.5) is 30.2 Å². The monoisotopic (exact) mass is 507 g/mol. The smallest absolute Gasteiger partial charge is 0.387 e. The Labute approximate surface area is 204 Å². The molecule has 0 saturated carbocycles. The lowest BCUT2D eigenvalue weighted by Crippen LogP contribution is -2.49. The molecule has 2 aliphatic heterocycles. The Morgan fingerprint density at radius 3 is 2.33 bits per heavy atom. The Hall–Kier alpha value is -3.96. The average Bonchev–Trinajstić information content (AvgIpc) is 2.84. The standard InChI is InChI=1S/C24H24F3N3O6/c1-3-30-18-13(20(31)17(22(30)32)23(33)34)12-14(25)19(21(18)36-24(26)27)29-10-8-28(9-11-29)15-6-4-5-7-16(15)35-2/h4-7,12,17,24H,3,8-11H2,1-2H3,(H,33,34). The minimum atomic E-state index is -3.38. The Kier molecular flexibility index (Phi) is 6.95. The lowest BCUT2D eigenvalue weighted by Gasteiger charge is -2.40. The Balaban J connectivity index is 1.76. The van der Waals surface area contributed by atoms with E-state index in [1.165, 1.54) is 11.8 Å². The minimum Gasteiger partial charge on any atom is -0.495 e. The van der Waals surface area contributed by atoms with Gasteiger partial charge in [-0.2, -0.15) is 8.78 Å². The number of nitrogens with zero attached hydrogens (tertiary/aromatic N) is 3. The zero-order valence-corrected chi connectivity index (χ0v) is 19.5. The molecule has 2 aromatic rings. The number of hydrogen-bond donors (Lipinski definition) is 1. The van der Waals surface area contributed by atoms with Gasteiger partial charge in [0, 0.05) is 38.3 Å². The van der Waals surface area contributed by atoms with Crippen LogP contribution in [0, 0.1) is 11.7 Å². The van der Waals surface area contributed by atoms with Crippen molar-refractivity contribution >= 4 is 34.7 Å². The van der Waals surface area contributed by atoms with E-state index in [9.17, 15) is 28.3 Å². The third-order valence-electron chi connectivity index (χ3n) is 6.28. The molecule has 0 aromatic heterocycles. The molecular weight excluding hydrogens is 483 g/mol. The number of halogens is 3. The maximum atomic E-state index is 15.4. The first-order valence-electron chi connectivity index (χ1n) is 11.2. The van der Waals surface area contributed by atoms with E-state index in [0.29, 0.717) is 18.8 Å². The highest BCUT2D eigenvalue weighted by Gasteiger charge is 2.47. The molecule has 0 aliphatic carbocycles. The van der Waals surface area contributed by atoms with Gasteiger partial charge in [-0.3, -0.25) is 14.4 Å². The van der Waals surface area contributed by atoms with Crippen LogP contribution in [0.25, 0.3) is 0 Å². The average molecular weight is 507 g/mol. The van der Waals surface area contributed by atoms with E-state index in [1.54, 1.807) is 13.2 Å². The van der Waals surface area contributed by atoms with E-state index in [-0.39, 0.29) is 31.0 Å². The van der Waals surface area contributed by atoms with Gasteiger partial charge in [-0.1, -0.05) is 12.1 Å². The number of piperazine rings is 1. The predicted molar refractivity (Wildman–Crippen MR) is 124 cm³/mol. The summed E-state index contributed by atoms with van der Waals surface area (Å²) in [4.78, 5) is 41.5. The summed E-state index contributed by atoms with van der Waals surface area (Å²) in [7, 11) is 1.54. The number of ether oxygens (including phenoxy) is 2. The van der Waals surface area contributed by atoms with Crippen LogP contribution < -0.4 is 24.2 Å². The summed E-state index contributed by atoms with van der Waals surface area (Å²) in [6.45, 7) is -0.848. The number of ketones is 1. The number of methoxy groups -OCH3 is 1. The maximum Gasteiger partial charge on any atom is 0.387 e. The van der Waals surface area contributed by atoms with Gasteiger partial charge < -0.3 is 29.3 Å². The predicted octanol–water partition coefficient (Wildman–Crippen LogP) is 3.01. The van der Waals surface area contributed by atoms with E-state index in [2.05, 4.69) is 0 Å². The fourth-order valence-corrected chi connectivity index (χ4v) is 4.68. The van der Waals surface area contributed by atoms with Crippen LogP contribution >= 0.6 is 0 Å². The molecule has 0 spiro atoms. The minimum absolute atomic E-state index is 0.144. The first-order chi connectivity index (χ1) is 17.2. The van der Waals surface area contributed by atoms with Crippen LogP contribution in [0.3, 0.4) is 0 Å². The van der Waals surface area contributed by atoms with Gasteiger partial charge in [0.2, 0.25) is 5.91 Å². The number of hydrogen-bond acceptors (Lipinski definition) is 7. The molecule has 1 N–H and O–H groups in total. The number of carbonyl (C=O) groups excluding carboxylic acids is 2. The number of alkyl halides is 2. The summed E-state index contributed by atoms with van der Waals surface area (Å²) >= 11 is 0. The van der Waals surface area contributed by atoms with Crippen molar-refractivity contribution in [1.29, 1.82) is 0 Å². The Morgan fingerprint density at radius 2 is 1.75 bits per heavy atom. The van der Waals surface area contributed by atoms with Gasteiger partial charge in [0.25, 0.3) is 0 Å². The number of carbonyl (C=O) groups is 3. The second-order valence-electron chi connectivity index (χ2n) is 8.17. The molecule has 9 nitrogen and oxygen atoms in total. The summed E-state index contributed by atoms with van der Waals surface area (Å²) < 4.78 is 52.5. The Bertz CT molecular complexity index is 1200. The Morgan fingerprint density at radius 1 is 1.11 bits per heavy atom. The van der Waals surface area contributed by atoms with Crippen molar-refractivity contribution in [3.63, 3.8) is 0 Å². The summed E-state index contributed by atoms with van der Waals surface area (Å²) in [5, 5.41) is 9.38. The van der Waals surface area contributed by atoms with Gasteiger partial charge in [-0.05, 0) is 25.1 Å². The second-order valence-corrected chi connectivity index (χ2v) is 8.17. The van der Waals surface area contributed by atoms with Crippen molar-refractivity contribution in [2.45, 2.75) is 13.5 Å². The molecule has 36 heavy (non-hydrogen) atoms. The highest BCUT2D eigenvalue weighted by atomic mass is 19.3. The molecule has 1 unspecified atom stereocenters. The van der Waals surface area contributed by atoms with E-state index in [4.69, 9.17) is 9.47 Å². The molecule has 4 rings (SSSR count). The molecule has 1 atom stereocenters. The number of rotatable bonds is 7. The highest BCUT2D eigenvalue weighted by Crippen LogP contribution is 2.47. The van der Waals surface area contributed by atoms with E-state index in [0.717, 1.165) is 16.7 Å². The molecule has 192 valence electrons. The van der Waals surface area contributed by atoms with Gasteiger partial charge in [0.05, 0.1) is 18.5 Å². The summed E-state index contributed by atoms with van der Waals surface area (Å²) in [5.74, 6) is -7.13. The largest absolute Gasteiger partial charge is 0.495 e.